The molecule has 0 fully saturated rings. The Kier molecular flexibility index (Phi) is 5.28. The molecule has 0 saturated carbocycles. The maximum atomic E-state index is 12.0. The van der Waals surface area contributed by atoms with Crippen LogP contribution in [0.5, 0.6) is 0 Å². The zero-order valence-corrected chi connectivity index (χ0v) is 13.9. The van der Waals surface area contributed by atoms with Crippen molar-refractivity contribution in [3.05, 3.63) is 65.7 Å². The summed E-state index contributed by atoms with van der Waals surface area (Å²) in [5.74, 6) is -0.338. The van der Waals surface area contributed by atoms with Crippen molar-refractivity contribution >= 4 is 25.5 Å². The number of ether oxygens (including phenoxy) is 1. The molecule has 0 bridgehead atoms. The second-order valence-electron chi connectivity index (χ2n) is 5.88. The van der Waals surface area contributed by atoms with Gasteiger partial charge in [0.05, 0.1) is 20.2 Å². The van der Waals surface area contributed by atoms with Crippen molar-refractivity contribution in [1.82, 2.24) is 0 Å². The second-order valence-corrected chi connectivity index (χ2v) is 10.7. The molecule has 114 valence electrons. The molecule has 0 aromatic heterocycles. The van der Waals surface area contributed by atoms with E-state index in [0.29, 0.717) is 17.7 Å². The van der Waals surface area contributed by atoms with E-state index >= 15 is 0 Å². The van der Waals surface area contributed by atoms with E-state index in [9.17, 15) is 9.59 Å². The molecular formula is C18H20O3Si. The highest BCUT2D eigenvalue weighted by Crippen LogP contribution is 2.11. The lowest BCUT2D eigenvalue weighted by atomic mass is 10.1. The van der Waals surface area contributed by atoms with Crippen LogP contribution >= 0.6 is 0 Å². The van der Waals surface area contributed by atoms with E-state index < -0.39 is 8.07 Å². The van der Waals surface area contributed by atoms with Crippen LogP contribution in [0.1, 0.15) is 20.7 Å². The van der Waals surface area contributed by atoms with Crippen molar-refractivity contribution in [2.45, 2.75) is 19.1 Å². The lowest BCUT2D eigenvalue weighted by Crippen LogP contribution is -2.42. The van der Waals surface area contributed by atoms with Crippen LogP contribution in [-0.2, 0) is 4.74 Å². The molecule has 22 heavy (non-hydrogen) atoms. The van der Waals surface area contributed by atoms with Crippen molar-refractivity contribution in [1.29, 1.82) is 0 Å². The number of aldehydes is 1. The van der Waals surface area contributed by atoms with Gasteiger partial charge in [0.15, 0.2) is 0 Å². The van der Waals surface area contributed by atoms with Crippen LogP contribution in [0.15, 0.2) is 54.6 Å². The van der Waals surface area contributed by atoms with Gasteiger partial charge in [0.1, 0.15) is 6.29 Å². The fraction of sp³-hybridized carbons (Fsp3) is 0.222. The summed E-state index contributed by atoms with van der Waals surface area (Å²) < 4.78 is 5.37. The van der Waals surface area contributed by atoms with Gasteiger partial charge in [-0.05, 0) is 18.2 Å². The van der Waals surface area contributed by atoms with Gasteiger partial charge in [0.2, 0.25) is 0 Å². The lowest BCUT2D eigenvalue weighted by Gasteiger charge is -2.22. The first kappa shape index (κ1) is 16.2. The van der Waals surface area contributed by atoms with Crippen LogP contribution in [-0.4, -0.2) is 26.9 Å². The molecule has 2 aromatic rings. The Morgan fingerprint density at radius 1 is 1.05 bits per heavy atom. The van der Waals surface area contributed by atoms with Crippen LogP contribution in [0.4, 0.5) is 0 Å². The van der Waals surface area contributed by atoms with Gasteiger partial charge >= 0.3 is 5.97 Å². The smallest absolute Gasteiger partial charge is 0.338 e. The molecule has 0 aliphatic rings. The molecule has 4 heteroatoms. The van der Waals surface area contributed by atoms with Crippen molar-refractivity contribution in [3.63, 3.8) is 0 Å². The molecule has 0 aliphatic heterocycles. The maximum Gasteiger partial charge on any atom is 0.338 e. The summed E-state index contributed by atoms with van der Waals surface area (Å²) in [6.07, 6.45) is 0.753. The van der Waals surface area contributed by atoms with Gasteiger partial charge in [0.25, 0.3) is 0 Å². The van der Waals surface area contributed by atoms with Gasteiger partial charge in [-0.2, -0.15) is 0 Å². The molecule has 3 nitrogen and oxygen atoms in total. The van der Waals surface area contributed by atoms with Crippen LogP contribution < -0.4 is 5.19 Å². The third-order valence-corrected chi connectivity index (χ3v) is 7.15. The molecule has 0 saturated heterocycles. The summed E-state index contributed by atoms with van der Waals surface area (Å²) in [5, 5.41) is 1.36. The minimum atomic E-state index is -1.59. The number of rotatable bonds is 6. The third-order valence-electron chi connectivity index (χ3n) is 3.80. The first-order valence-corrected chi connectivity index (χ1v) is 10.5. The molecule has 0 aliphatic carbocycles. The van der Waals surface area contributed by atoms with E-state index in [-0.39, 0.29) is 5.97 Å². The summed E-state index contributed by atoms with van der Waals surface area (Å²) in [7, 11) is -1.59. The molecule has 0 amide bonds. The average molecular weight is 312 g/mol. The Morgan fingerprint density at radius 2 is 1.68 bits per heavy atom. The predicted octanol–water partition coefficient (Wildman–Crippen LogP) is 3.27. The molecule has 0 radical (unpaired) electrons. The Balaban J connectivity index is 1.90. The van der Waals surface area contributed by atoms with E-state index in [1.54, 1.807) is 24.3 Å². The Bertz CT molecular complexity index is 633. The largest absolute Gasteiger partial charge is 0.462 e. The molecular weight excluding hydrogens is 292 g/mol. The molecule has 0 N–H and O–H groups in total. The highest BCUT2D eigenvalue weighted by Gasteiger charge is 2.23. The molecule has 2 rings (SSSR count). The van der Waals surface area contributed by atoms with Gasteiger partial charge in [-0.15, -0.1) is 0 Å². The summed E-state index contributed by atoms with van der Waals surface area (Å²) in [5.41, 5.74) is 1.03. The SMILES string of the molecule is C[Si](C)(CCOC(=O)c1ccc(C=O)cc1)c1ccccc1. The number of benzene rings is 2. The topological polar surface area (TPSA) is 43.4 Å². The van der Waals surface area contributed by atoms with Gasteiger partial charge in [-0.3, -0.25) is 4.79 Å². The van der Waals surface area contributed by atoms with Crippen LogP contribution in [0, 0.1) is 0 Å². The Morgan fingerprint density at radius 3 is 2.27 bits per heavy atom. The molecule has 2 aromatic carbocycles. The first-order valence-electron chi connectivity index (χ1n) is 7.31. The minimum absolute atomic E-state index is 0.338. The number of carbonyl (C=O) groups excluding carboxylic acids is 2. The second kappa shape index (κ2) is 7.18. The number of carbonyl (C=O) groups is 2. The van der Waals surface area contributed by atoms with E-state index in [2.05, 4.69) is 25.2 Å². The van der Waals surface area contributed by atoms with E-state index in [1.807, 2.05) is 18.2 Å². The number of hydrogen-bond donors (Lipinski definition) is 0. The summed E-state index contributed by atoms with van der Waals surface area (Å²) >= 11 is 0. The van der Waals surface area contributed by atoms with Gasteiger partial charge in [-0.1, -0.05) is 60.7 Å². The van der Waals surface area contributed by atoms with Crippen LogP contribution in [0.25, 0.3) is 0 Å². The van der Waals surface area contributed by atoms with Crippen molar-refractivity contribution in [2.75, 3.05) is 6.61 Å². The molecule has 0 spiro atoms. The maximum absolute atomic E-state index is 12.0. The quantitative estimate of drug-likeness (QED) is 0.467. The Hall–Kier alpha value is -2.20. The Labute approximate surface area is 131 Å². The number of esters is 1. The highest BCUT2D eigenvalue weighted by atomic mass is 28.3. The van der Waals surface area contributed by atoms with Crippen LogP contribution in [0.3, 0.4) is 0 Å². The van der Waals surface area contributed by atoms with Gasteiger partial charge in [-0.25, -0.2) is 4.79 Å². The fourth-order valence-corrected chi connectivity index (χ4v) is 4.21. The zero-order valence-electron chi connectivity index (χ0n) is 12.9. The zero-order chi connectivity index (χ0) is 16.0. The van der Waals surface area contributed by atoms with Crippen molar-refractivity contribution < 1.29 is 14.3 Å². The minimum Gasteiger partial charge on any atom is -0.462 e. The lowest BCUT2D eigenvalue weighted by molar-refractivity contribution is 0.0525. The number of hydrogen-bond acceptors (Lipinski definition) is 3. The van der Waals surface area contributed by atoms with Crippen LogP contribution in [0.2, 0.25) is 19.1 Å². The van der Waals surface area contributed by atoms with Gasteiger partial charge < -0.3 is 4.74 Å². The molecule has 0 heterocycles. The fourth-order valence-electron chi connectivity index (χ4n) is 2.21. The standard InChI is InChI=1S/C18H20O3Si/c1-22(2,17-6-4-3-5-7-17)13-12-21-18(20)16-10-8-15(14-19)9-11-16/h3-11,14H,12-13H2,1-2H3. The van der Waals surface area contributed by atoms with Gasteiger partial charge in [0, 0.05) is 5.56 Å². The molecule has 0 atom stereocenters. The predicted molar refractivity (Wildman–Crippen MR) is 90.5 cm³/mol. The van der Waals surface area contributed by atoms with Crippen molar-refractivity contribution in [2.24, 2.45) is 0 Å². The molecule has 0 unspecified atom stereocenters. The summed E-state index contributed by atoms with van der Waals surface area (Å²) in [6, 6.07) is 17.7. The van der Waals surface area contributed by atoms with E-state index in [0.717, 1.165) is 12.3 Å². The van der Waals surface area contributed by atoms with E-state index in [4.69, 9.17) is 4.74 Å². The average Bonchev–Trinajstić information content (AvgIpc) is 2.55. The third kappa shape index (κ3) is 4.15. The first-order chi connectivity index (χ1) is 10.5. The monoisotopic (exact) mass is 312 g/mol. The summed E-state index contributed by atoms with van der Waals surface area (Å²) in [4.78, 5) is 22.6. The van der Waals surface area contributed by atoms with E-state index in [1.165, 1.54) is 5.19 Å². The highest BCUT2D eigenvalue weighted by molar-refractivity contribution is 6.89. The normalized spacial score (nSPS) is 11.0. The van der Waals surface area contributed by atoms with Crippen molar-refractivity contribution in [3.8, 4) is 0 Å². The summed E-state index contributed by atoms with van der Waals surface area (Å²) in [6.45, 7) is 4.96.